The second-order valence-electron chi connectivity index (χ2n) is 5.77. The van der Waals surface area contributed by atoms with Gasteiger partial charge in [-0.3, -0.25) is 0 Å². The summed E-state index contributed by atoms with van der Waals surface area (Å²) in [5, 5.41) is 8.34. The Hall–Kier alpha value is -1.88. The predicted octanol–water partition coefficient (Wildman–Crippen LogP) is 2.59. The van der Waals surface area contributed by atoms with Gasteiger partial charge in [0.2, 0.25) is 0 Å². The Morgan fingerprint density at radius 1 is 1.24 bits per heavy atom. The van der Waals surface area contributed by atoms with Crippen LogP contribution in [-0.4, -0.2) is 15.0 Å². The first kappa shape index (κ1) is 15.5. The Labute approximate surface area is 126 Å². The number of hydrogen-bond donors (Lipinski definition) is 1. The van der Waals surface area contributed by atoms with Gasteiger partial charge in [-0.1, -0.05) is 37.3 Å². The molecule has 2 rings (SSSR count). The van der Waals surface area contributed by atoms with Crippen LogP contribution in [0.2, 0.25) is 0 Å². The van der Waals surface area contributed by atoms with E-state index in [1.165, 1.54) is 0 Å². The van der Waals surface area contributed by atoms with Gasteiger partial charge in [-0.25, -0.2) is 4.68 Å². The van der Waals surface area contributed by atoms with Gasteiger partial charge in [-0.15, -0.1) is 5.10 Å². The Balaban J connectivity index is 2.21. The Kier molecular flexibility index (Phi) is 4.96. The number of aryl methyl sites for hydroxylation is 2. The molecule has 2 N–H and O–H groups in total. The van der Waals surface area contributed by atoms with Gasteiger partial charge in [0, 0.05) is 13.1 Å². The average Bonchev–Trinajstić information content (AvgIpc) is 2.79. The van der Waals surface area contributed by atoms with E-state index in [1.807, 2.05) is 10.7 Å². The summed E-state index contributed by atoms with van der Waals surface area (Å²) in [5.74, 6) is 1.43. The van der Waals surface area contributed by atoms with Crippen molar-refractivity contribution in [2.75, 3.05) is 0 Å². The van der Waals surface area contributed by atoms with E-state index < -0.39 is 0 Å². The van der Waals surface area contributed by atoms with E-state index >= 15 is 0 Å². The molecule has 0 aliphatic carbocycles. The van der Waals surface area contributed by atoms with E-state index in [2.05, 4.69) is 50.1 Å². The van der Waals surface area contributed by atoms with Crippen LogP contribution in [0.15, 0.2) is 18.2 Å². The van der Waals surface area contributed by atoms with Crippen molar-refractivity contribution in [2.24, 2.45) is 11.7 Å². The summed E-state index contributed by atoms with van der Waals surface area (Å²) in [7, 11) is 0. The van der Waals surface area contributed by atoms with E-state index in [4.69, 9.17) is 10.5 Å². The number of nitrogens with zero attached hydrogens (tertiary/aromatic N) is 3. The molecule has 0 amide bonds. The summed E-state index contributed by atoms with van der Waals surface area (Å²) in [6.45, 7) is 10.0. The number of hydrogen-bond acceptors (Lipinski definition) is 4. The molecule has 0 radical (unpaired) electrons. The lowest BCUT2D eigenvalue weighted by Gasteiger charge is -2.14. The van der Waals surface area contributed by atoms with Crippen molar-refractivity contribution >= 4 is 0 Å². The molecule has 0 saturated heterocycles. The SMILES string of the molecule is Cc1cccc(C)c1OCc1c(CN)nnn1CC(C)C. The first-order chi connectivity index (χ1) is 10.0. The molecule has 0 bridgehead atoms. The van der Waals surface area contributed by atoms with Crippen LogP contribution in [0.1, 0.15) is 36.4 Å². The van der Waals surface area contributed by atoms with E-state index in [9.17, 15) is 0 Å². The van der Waals surface area contributed by atoms with Crippen LogP contribution in [0.4, 0.5) is 0 Å². The first-order valence-electron chi connectivity index (χ1n) is 7.33. The van der Waals surface area contributed by atoms with Gasteiger partial charge in [-0.05, 0) is 30.9 Å². The number of nitrogens with two attached hydrogens (primary N) is 1. The van der Waals surface area contributed by atoms with E-state index in [0.717, 1.165) is 34.8 Å². The summed E-state index contributed by atoms with van der Waals surface area (Å²) in [6, 6.07) is 6.14. The number of aromatic nitrogens is 3. The molecule has 0 atom stereocenters. The molecule has 0 saturated carbocycles. The summed E-state index contributed by atoms with van der Waals surface area (Å²) in [4.78, 5) is 0. The largest absolute Gasteiger partial charge is 0.487 e. The molecule has 0 spiro atoms. The Morgan fingerprint density at radius 2 is 1.90 bits per heavy atom. The van der Waals surface area contributed by atoms with Crippen molar-refractivity contribution in [2.45, 2.75) is 47.4 Å². The molecule has 1 heterocycles. The smallest absolute Gasteiger partial charge is 0.132 e. The molecule has 1 aromatic carbocycles. The molecule has 2 aromatic rings. The Morgan fingerprint density at radius 3 is 2.48 bits per heavy atom. The molecule has 1 aromatic heterocycles. The maximum atomic E-state index is 6.02. The summed E-state index contributed by atoms with van der Waals surface area (Å²) >= 11 is 0. The molecule has 0 aliphatic heterocycles. The lowest BCUT2D eigenvalue weighted by Crippen LogP contribution is -2.14. The average molecular weight is 288 g/mol. The van der Waals surface area contributed by atoms with Crippen molar-refractivity contribution in [3.05, 3.63) is 40.7 Å². The van der Waals surface area contributed by atoms with Gasteiger partial charge in [-0.2, -0.15) is 0 Å². The molecule has 0 aliphatic rings. The zero-order valence-electron chi connectivity index (χ0n) is 13.3. The van der Waals surface area contributed by atoms with Gasteiger partial charge in [0.05, 0.1) is 0 Å². The van der Waals surface area contributed by atoms with Crippen LogP contribution in [0.25, 0.3) is 0 Å². The molecule has 0 unspecified atom stereocenters. The normalized spacial score (nSPS) is 11.1. The zero-order chi connectivity index (χ0) is 15.4. The molecule has 114 valence electrons. The molecular weight excluding hydrogens is 264 g/mol. The topological polar surface area (TPSA) is 66.0 Å². The summed E-state index contributed by atoms with van der Waals surface area (Å²) < 4.78 is 7.92. The fourth-order valence-corrected chi connectivity index (χ4v) is 2.35. The third-order valence-electron chi connectivity index (χ3n) is 3.41. The number of ether oxygens (including phenoxy) is 1. The van der Waals surface area contributed by atoms with E-state index in [0.29, 0.717) is 19.1 Å². The maximum Gasteiger partial charge on any atom is 0.132 e. The monoisotopic (exact) mass is 288 g/mol. The highest BCUT2D eigenvalue weighted by Crippen LogP contribution is 2.23. The standard InChI is InChI=1S/C16H24N4O/c1-11(2)9-20-15(14(8-17)18-19-20)10-21-16-12(3)6-5-7-13(16)4/h5-7,11H,8-10,17H2,1-4H3. The quantitative estimate of drug-likeness (QED) is 0.887. The number of rotatable bonds is 6. The number of para-hydroxylation sites is 1. The first-order valence-corrected chi connectivity index (χ1v) is 7.33. The van der Waals surface area contributed by atoms with Crippen LogP contribution in [0, 0.1) is 19.8 Å². The minimum atomic E-state index is 0.379. The summed E-state index contributed by atoms with van der Waals surface area (Å²) in [5.41, 5.74) is 9.79. The number of benzene rings is 1. The van der Waals surface area contributed by atoms with Crippen molar-refractivity contribution < 1.29 is 4.74 Å². The van der Waals surface area contributed by atoms with Gasteiger partial charge in [0.1, 0.15) is 23.7 Å². The highest BCUT2D eigenvalue weighted by Gasteiger charge is 2.14. The minimum Gasteiger partial charge on any atom is -0.487 e. The second kappa shape index (κ2) is 6.72. The lowest BCUT2D eigenvalue weighted by atomic mass is 10.1. The molecule has 21 heavy (non-hydrogen) atoms. The molecule has 5 nitrogen and oxygen atoms in total. The molecule has 5 heteroatoms. The predicted molar refractivity (Wildman–Crippen MR) is 83.0 cm³/mol. The summed E-state index contributed by atoms with van der Waals surface area (Å²) in [6.07, 6.45) is 0. The third kappa shape index (κ3) is 3.61. The Bertz CT molecular complexity index is 584. The molecule has 0 fully saturated rings. The third-order valence-corrected chi connectivity index (χ3v) is 3.41. The van der Waals surface area contributed by atoms with Crippen LogP contribution in [-0.2, 0) is 19.7 Å². The van der Waals surface area contributed by atoms with E-state index in [1.54, 1.807) is 0 Å². The zero-order valence-corrected chi connectivity index (χ0v) is 13.3. The van der Waals surface area contributed by atoms with Crippen molar-refractivity contribution in [1.29, 1.82) is 0 Å². The second-order valence-corrected chi connectivity index (χ2v) is 5.77. The van der Waals surface area contributed by atoms with Crippen molar-refractivity contribution in [1.82, 2.24) is 15.0 Å². The van der Waals surface area contributed by atoms with Gasteiger partial charge in [0.25, 0.3) is 0 Å². The van der Waals surface area contributed by atoms with Gasteiger partial charge >= 0.3 is 0 Å². The van der Waals surface area contributed by atoms with Crippen molar-refractivity contribution in [3.63, 3.8) is 0 Å². The van der Waals surface area contributed by atoms with E-state index in [-0.39, 0.29) is 0 Å². The maximum absolute atomic E-state index is 6.02. The minimum absolute atomic E-state index is 0.379. The highest BCUT2D eigenvalue weighted by atomic mass is 16.5. The van der Waals surface area contributed by atoms with Crippen LogP contribution in [0.3, 0.4) is 0 Å². The molecular formula is C16H24N4O. The van der Waals surface area contributed by atoms with Crippen LogP contribution >= 0.6 is 0 Å². The van der Waals surface area contributed by atoms with Gasteiger partial charge in [0.15, 0.2) is 0 Å². The van der Waals surface area contributed by atoms with Gasteiger partial charge < -0.3 is 10.5 Å². The van der Waals surface area contributed by atoms with Crippen LogP contribution in [0.5, 0.6) is 5.75 Å². The van der Waals surface area contributed by atoms with Crippen LogP contribution < -0.4 is 10.5 Å². The lowest BCUT2D eigenvalue weighted by molar-refractivity contribution is 0.283. The fourth-order valence-electron chi connectivity index (χ4n) is 2.35. The van der Waals surface area contributed by atoms with Crippen molar-refractivity contribution in [3.8, 4) is 5.75 Å². The highest BCUT2D eigenvalue weighted by molar-refractivity contribution is 5.39. The fraction of sp³-hybridized carbons (Fsp3) is 0.500.